The molecule has 0 bridgehead atoms. The summed E-state index contributed by atoms with van der Waals surface area (Å²) in [5.41, 5.74) is -2.08. The minimum atomic E-state index is -4.16. The van der Waals surface area contributed by atoms with Gasteiger partial charge in [-0.25, -0.2) is 26.3 Å². The average Bonchev–Trinajstić information content (AvgIpc) is 2.96. The van der Waals surface area contributed by atoms with E-state index in [1.54, 1.807) is 0 Å². The van der Waals surface area contributed by atoms with Crippen LogP contribution in [0.15, 0.2) is 42.5 Å². The molecule has 1 fully saturated rings. The van der Waals surface area contributed by atoms with Gasteiger partial charge in [0.1, 0.15) is 23.2 Å². The lowest BCUT2D eigenvalue weighted by Gasteiger charge is -2.31. The van der Waals surface area contributed by atoms with Crippen LogP contribution in [0.5, 0.6) is 5.75 Å². The average molecular weight is 537 g/mol. The number of ether oxygens (including phenoxy) is 1. The molecule has 1 amide bonds. The van der Waals surface area contributed by atoms with Crippen molar-refractivity contribution in [3.63, 3.8) is 0 Å². The molecule has 7 nitrogen and oxygen atoms in total. The molecule has 0 saturated carbocycles. The largest absolute Gasteiger partial charge is 0.435 e. The second kappa shape index (κ2) is 9.94. The van der Waals surface area contributed by atoms with Crippen LogP contribution < -0.4 is 9.46 Å². The van der Waals surface area contributed by atoms with E-state index in [1.165, 1.54) is 42.5 Å². The zero-order valence-electron chi connectivity index (χ0n) is 19.5. The maximum absolute atomic E-state index is 15.6. The SMILES string of the molecule is CC(C)(O)C(=O)N1CC(F)(F)[C@H](NS(C)(=O)=O)[C@@H]1Cc1cccc(-c2cccc(OC(F)F)c2)c1F. The molecular formula is C23H25F5N2O5S. The standard InChI is InChI=1S/C23H25F5N2O5S/c1-22(2,32)20(31)30-12-23(27,28)19(29-36(3,33)34)17(30)11-14-7-5-9-16(18(14)24)13-6-4-8-15(10-13)35-21(25)26/h4-10,17,19,21,29,32H,11-12H2,1-3H3/t17-,19+/m0/s1. The number of rotatable bonds is 8. The molecule has 36 heavy (non-hydrogen) atoms. The van der Waals surface area contributed by atoms with E-state index in [0.717, 1.165) is 13.8 Å². The van der Waals surface area contributed by atoms with Crippen LogP contribution in [0, 0.1) is 5.82 Å². The maximum Gasteiger partial charge on any atom is 0.387 e. The van der Waals surface area contributed by atoms with E-state index in [-0.39, 0.29) is 22.4 Å². The van der Waals surface area contributed by atoms with E-state index in [0.29, 0.717) is 11.2 Å². The predicted molar refractivity (Wildman–Crippen MR) is 121 cm³/mol. The van der Waals surface area contributed by atoms with Gasteiger partial charge in [-0.15, -0.1) is 0 Å². The monoisotopic (exact) mass is 536 g/mol. The molecule has 1 aliphatic rings. The molecule has 198 valence electrons. The minimum Gasteiger partial charge on any atom is -0.435 e. The van der Waals surface area contributed by atoms with Gasteiger partial charge in [-0.05, 0) is 43.5 Å². The highest BCUT2D eigenvalue weighted by Gasteiger charge is 2.58. The van der Waals surface area contributed by atoms with E-state index >= 15 is 4.39 Å². The van der Waals surface area contributed by atoms with Crippen LogP contribution in [0.3, 0.4) is 0 Å². The van der Waals surface area contributed by atoms with Crippen LogP contribution >= 0.6 is 0 Å². The van der Waals surface area contributed by atoms with E-state index in [2.05, 4.69) is 4.74 Å². The Balaban J connectivity index is 2.04. The fourth-order valence-electron chi connectivity index (χ4n) is 4.13. The minimum absolute atomic E-state index is 0.0510. The zero-order valence-corrected chi connectivity index (χ0v) is 20.3. The van der Waals surface area contributed by atoms with Crippen molar-refractivity contribution < 1.29 is 45.0 Å². The fourth-order valence-corrected chi connectivity index (χ4v) is 4.92. The summed E-state index contributed by atoms with van der Waals surface area (Å²) in [7, 11) is -4.16. The van der Waals surface area contributed by atoms with Gasteiger partial charge in [0.15, 0.2) is 0 Å². The molecule has 13 heteroatoms. The fraction of sp³-hybridized carbons (Fsp3) is 0.435. The first-order chi connectivity index (χ1) is 16.5. The Morgan fingerprint density at radius 1 is 1.25 bits per heavy atom. The number of sulfonamides is 1. The lowest BCUT2D eigenvalue weighted by atomic mass is 9.94. The number of benzene rings is 2. The van der Waals surface area contributed by atoms with Crippen molar-refractivity contribution in [2.24, 2.45) is 0 Å². The summed E-state index contributed by atoms with van der Waals surface area (Å²) >= 11 is 0. The van der Waals surface area contributed by atoms with Crippen LogP contribution in [0.4, 0.5) is 22.0 Å². The maximum atomic E-state index is 15.6. The highest BCUT2D eigenvalue weighted by Crippen LogP contribution is 2.37. The van der Waals surface area contributed by atoms with Crippen LogP contribution in [-0.4, -0.2) is 67.4 Å². The summed E-state index contributed by atoms with van der Waals surface area (Å²) in [5, 5.41) is 10.1. The number of hydrogen-bond donors (Lipinski definition) is 2. The molecule has 0 spiro atoms. The van der Waals surface area contributed by atoms with Crippen LogP contribution in [0.2, 0.25) is 0 Å². The number of aliphatic hydroxyl groups is 1. The van der Waals surface area contributed by atoms with Gasteiger partial charge in [0.25, 0.3) is 11.8 Å². The first-order valence-corrected chi connectivity index (χ1v) is 12.6. The number of nitrogens with one attached hydrogen (secondary N) is 1. The summed E-state index contributed by atoms with van der Waals surface area (Å²) in [5.74, 6) is -5.90. The molecule has 0 radical (unpaired) electrons. The topological polar surface area (TPSA) is 95.9 Å². The second-order valence-electron chi connectivity index (χ2n) is 9.08. The summed E-state index contributed by atoms with van der Waals surface area (Å²) in [6, 6.07) is 5.61. The van der Waals surface area contributed by atoms with E-state index in [1.807, 2.05) is 4.72 Å². The van der Waals surface area contributed by atoms with Crippen molar-refractivity contribution in [3.8, 4) is 16.9 Å². The van der Waals surface area contributed by atoms with E-state index in [9.17, 15) is 35.9 Å². The third-order valence-electron chi connectivity index (χ3n) is 5.62. The third-order valence-corrected chi connectivity index (χ3v) is 6.31. The molecule has 2 aromatic rings. The normalized spacial score (nSPS) is 20.1. The van der Waals surface area contributed by atoms with Gasteiger partial charge < -0.3 is 14.7 Å². The van der Waals surface area contributed by atoms with Gasteiger partial charge in [-0.3, -0.25) is 4.79 Å². The molecule has 2 N–H and O–H groups in total. The highest BCUT2D eigenvalue weighted by molar-refractivity contribution is 7.88. The zero-order chi connectivity index (χ0) is 27.1. The molecular weight excluding hydrogens is 511 g/mol. The van der Waals surface area contributed by atoms with Crippen molar-refractivity contribution in [2.75, 3.05) is 12.8 Å². The van der Waals surface area contributed by atoms with Crippen molar-refractivity contribution in [1.29, 1.82) is 0 Å². The quantitative estimate of drug-likeness (QED) is 0.506. The third kappa shape index (κ3) is 6.31. The molecule has 0 unspecified atom stereocenters. The molecule has 0 aromatic heterocycles. The van der Waals surface area contributed by atoms with Crippen molar-refractivity contribution >= 4 is 15.9 Å². The Morgan fingerprint density at radius 3 is 2.47 bits per heavy atom. The van der Waals surface area contributed by atoms with Crippen LogP contribution in [-0.2, 0) is 21.2 Å². The number of alkyl halides is 4. The Labute approximate surface area is 204 Å². The Bertz CT molecular complexity index is 1230. The second-order valence-corrected chi connectivity index (χ2v) is 10.9. The lowest BCUT2D eigenvalue weighted by molar-refractivity contribution is -0.149. The van der Waals surface area contributed by atoms with Gasteiger partial charge in [0, 0.05) is 5.56 Å². The van der Waals surface area contributed by atoms with Gasteiger partial charge in [0.05, 0.1) is 18.8 Å². The number of hydrogen-bond acceptors (Lipinski definition) is 5. The lowest BCUT2D eigenvalue weighted by Crippen LogP contribution is -2.54. The summed E-state index contributed by atoms with van der Waals surface area (Å²) in [6.45, 7) is -2.10. The number of nitrogens with zero attached hydrogens (tertiary/aromatic N) is 1. The molecule has 1 heterocycles. The molecule has 0 aliphatic carbocycles. The van der Waals surface area contributed by atoms with Gasteiger partial charge in [-0.1, -0.05) is 30.3 Å². The van der Waals surface area contributed by atoms with Gasteiger partial charge >= 0.3 is 6.61 Å². The number of carbonyl (C=O) groups excluding carboxylic acids is 1. The smallest absolute Gasteiger partial charge is 0.387 e. The first kappa shape index (κ1) is 27.8. The van der Waals surface area contributed by atoms with Crippen molar-refractivity contribution in [2.45, 2.75) is 50.5 Å². The number of carbonyl (C=O) groups is 1. The Hall–Kier alpha value is -2.77. The molecule has 2 aromatic carbocycles. The van der Waals surface area contributed by atoms with E-state index < -0.39 is 64.9 Å². The summed E-state index contributed by atoms with van der Waals surface area (Å²) in [6.07, 6.45) is 0.147. The van der Waals surface area contributed by atoms with Crippen molar-refractivity contribution in [1.82, 2.24) is 9.62 Å². The molecule has 1 aliphatic heterocycles. The van der Waals surface area contributed by atoms with E-state index in [4.69, 9.17) is 0 Å². The molecule has 2 atom stereocenters. The predicted octanol–water partition coefficient (Wildman–Crippen LogP) is 3.17. The molecule has 3 rings (SSSR count). The number of amides is 1. The van der Waals surface area contributed by atoms with Crippen molar-refractivity contribution in [3.05, 3.63) is 53.8 Å². The van der Waals surface area contributed by atoms with Crippen LogP contribution in [0.1, 0.15) is 19.4 Å². The highest BCUT2D eigenvalue weighted by atomic mass is 32.2. The van der Waals surface area contributed by atoms with Gasteiger partial charge in [0.2, 0.25) is 10.0 Å². The Kier molecular flexibility index (Phi) is 7.68. The van der Waals surface area contributed by atoms with Gasteiger partial charge in [-0.2, -0.15) is 8.78 Å². The summed E-state index contributed by atoms with van der Waals surface area (Å²) in [4.78, 5) is 13.4. The first-order valence-electron chi connectivity index (χ1n) is 10.7. The number of halogens is 5. The Morgan fingerprint density at radius 2 is 1.89 bits per heavy atom. The molecule has 1 saturated heterocycles. The summed E-state index contributed by atoms with van der Waals surface area (Å²) < 4.78 is 100. The van der Waals surface area contributed by atoms with Crippen LogP contribution in [0.25, 0.3) is 11.1 Å². The number of likely N-dealkylation sites (tertiary alicyclic amines) is 1.